The Morgan fingerprint density at radius 1 is 1.58 bits per heavy atom. The van der Waals surface area contributed by atoms with E-state index in [0.29, 0.717) is 10.9 Å². The highest BCUT2D eigenvalue weighted by atomic mass is 35.5. The van der Waals surface area contributed by atoms with Gasteiger partial charge in [0.15, 0.2) is 0 Å². The largest absolute Gasteiger partial charge is 0.353 e. The molecule has 1 saturated heterocycles. The molecule has 2 rings (SSSR count). The van der Waals surface area contributed by atoms with Crippen LogP contribution < -0.4 is 10.2 Å². The number of amides is 1. The van der Waals surface area contributed by atoms with Crippen LogP contribution in [0, 0.1) is 5.92 Å². The van der Waals surface area contributed by atoms with Crippen molar-refractivity contribution in [2.75, 3.05) is 18.0 Å². The molecule has 5 heteroatoms. The molecule has 1 aliphatic rings. The summed E-state index contributed by atoms with van der Waals surface area (Å²) < 4.78 is 0. The first-order valence-corrected chi connectivity index (χ1v) is 7.12. The fourth-order valence-corrected chi connectivity index (χ4v) is 2.98. The van der Waals surface area contributed by atoms with Gasteiger partial charge in [-0.15, -0.1) is 0 Å². The Bertz CT molecular complexity index is 452. The third kappa shape index (κ3) is 3.38. The molecule has 0 radical (unpaired) electrons. The average molecular weight is 282 g/mol. The topological polar surface area (TPSA) is 45.2 Å². The summed E-state index contributed by atoms with van der Waals surface area (Å²) in [5.41, 5.74) is 0. The first-order valence-electron chi connectivity index (χ1n) is 6.74. The third-order valence-corrected chi connectivity index (χ3v) is 3.82. The van der Waals surface area contributed by atoms with Gasteiger partial charge >= 0.3 is 0 Å². The number of anilines is 1. The molecule has 1 aliphatic heterocycles. The first-order chi connectivity index (χ1) is 9.11. The summed E-state index contributed by atoms with van der Waals surface area (Å²) in [5.74, 6) is 1.31. The lowest BCUT2D eigenvalue weighted by molar-refractivity contribution is -0.119. The number of carbonyl (C=O) groups is 1. The van der Waals surface area contributed by atoms with Crippen LogP contribution in [-0.2, 0) is 4.79 Å². The second-order valence-corrected chi connectivity index (χ2v) is 5.48. The Hall–Kier alpha value is -1.29. The van der Waals surface area contributed by atoms with E-state index in [1.54, 1.807) is 13.1 Å². The van der Waals surface area contributed by atoms with E-state index in [2.05, 4.69) is 22.1 Å². The van der Waals surface area contributed by atoms with Crippen molar-refractivity contribution in [2.24, 2.45) is 5.92 Å². The summed E-state index contributed by atoms with van der Waals surface area (Å²) >= 11 is 6.19. The van der Waals surface area contributed by atoms with Gasteiger partial charge in [0.1, 0.15) is 5.82 Å². The zero-order valence-corrected chi connectivity index (χ0v) is 12.2. The minimum absolute atomic E-state index is 0.0278. The number of hydrogen-bond donors (Lipinski definition) is 1. The van der Waals surface area contributed by atoms with E-state index in [9.17, 15) is 4.79 Å². The SMILES string of the molecule is CCCC1CN(c2ncccc2Cl)CC1NC(C)=O. The second-order valence-electron chi connectivity index (χ2n) is 5.07. The van der Waals surface area contributed by atoms with Gasteiger partial charge < -0.3 is 10.2 Å². The van der Waals surface area contributed by atoms with E-state index < -0.39 is 0 Å². The molecule has 1 N–H and O–H groups in total. The molecular formula is C14H20ClN3O. The van der Waals surface area contributed by atoms with Crippen molar-refractivity contribution in [1.29, 1.82) is 0 Å². The van der Waals surface area contributed by atoms with Crippen molar-refractivity contribution < 1.29 is 4.79 Å². The van der Waals surface area contributed by atoms with Crippen LogP contribution in [0.2, 0.25) is 5.02 Å². The molecule has 0 bridgehead atoms. The molecule has 0 aromatic carbocycles. The molecule has 0 aliphatic carbocycles. The Morgan fingerprint density at radius 2 is 2.37 bits per heavy atom. The monoisotopic (exact) mass is 281 g/mol. The fraction of sp³-hybridized carbons (Fsp3) is 0.571. The molecule has 4 nitrogen and oxygen atoms in total. The zero-order chi connectivity index (χ0) is 13.8. The summed E-state index contributed by atoms with van der Waals surface area (Å²) in [6.07, 6.45) is 3.97. The average Bonchev–Trinajstić information content (AvgIpc) is 2.72. The number of pyridine rings is 1. The van der Waals surface area contributed by atoms with E-state index in [1.165, 1.54) is 0 Å². The van der Waals surface area contributed by atoms with Crippen LogP contribution in [0.4, 0.5) is 5.82 Å². The highest BCUT2D eigenvalue weighted by Crippen LogP contribution is 2.30. The zero-order valence-electron chi connectivity index (χ0n) is 11.4. The fourth-order valence-electron chi connectivity index (χ4n) is 2.74. The first kappa shape index (κ1) is 14.1. The van der Waals surface area contributed by atoms with E-state index in [4.69, 9.17) is 11.6 Å². The van der Waals surface area contributed by atoms with Crippen LogP contribution in [-0.4, -0.2) is 30.0 Å². The van der Waals surface area contributed by atoms with Gasteiger partial charge in [-0.2, -0.15) is 0 Å². The van der Waals surface area contributed by atoms with Gasteiger partial charge in [-0.25, -0.2) is 4.98 Å². The molecule has 2 heterocycles. The molecule has 104 valence electrons. The lowest BCUT2D eigenvalue weighted by atomic mass is 9.98. The standard InChI is InChI=1S/C14H20ClN3O/c1-3-5-11-8-18(9-13(11)17-10(2)19)14-12(15)6-4-7-16-14/h4,6-7,11,13H,3,5,8-9H2,1-2H3,(H,17,19). The maximum Gasteiger partial charge on any atom is 0.217 e. The van der Waals surface area contributed by atoms with Crippen molar-refractivity contribution in [3.63, 3.8) is 0 Å². The molecule has 0 saturated carbocycles. The minimum atomic E-state index is 0.0278. The molecule has 1 amide bonds. The third-order valence-electron chi connectivity index (χ3n) is 3.53. The minimum Gasteiger partial charge on any atom is -0.353 e. The van der Waals surface area contributed by atoms with E-state index in [0.717, 1.165) is 31.7 Å². The van der Waals surface area contributed by atoms with Gasteiger partial charge in [-0.3, -0.25) is 4.79 Å². The predicted molar refractivity (Wildman–Crippen MR) is 77.5 cm³/mol. The van der Waals surface area contributed by atoms with Crippen molar-refractivity contribution in [1.82, 2.24) is 10.3 Å². The van der Waals surface area contributed by atoms with Crippen LogP contribution in [0.3, 0.4) is 0 Å². The highest BCUT2D eigenvalue weighted by Gasteiger charge is 2.33. The number of hydrogen-bond acceptors (Lipinski definition) is 3. The van der Waals surface area contributed by atoms with Crippen LogP contribution in [0.5, 0.6) is 0 Å². The predicted octanol–water partition coefficient (Wildman–Crippen LogP) is 2.48. The molecule has 19 heavy (non-hydrogen) atoms. The van der Waals surface area contributed by atoms with Crippen LogP contribution in [0.15, 0.2) is 18.3 Å². The summed E-state index contributed by atoms with van der Waals surface area (Å²) in [4.78, 5) is 17.8. The van der Waals surface area contributed by atoms with Crippen molar-refractivity contribution in [3.8, 4) is 0 Å². The molecule has 2 unspecified atom stereocenters. The van der Waals surface area contributed by atoms with Crippen LogP contribution in [0.25, 0.3) is 0 Å². The molecule has 2 atom stereocenters. The molecular weight excluding hydrogens is 262 g/mol. The number of halogens is 1. The van der Waals surface area contributed by atoms with Gasteiger partial charge in [-0.05, 0) is 24.5 Å². The summed E-state index contributed by atoms with van der Waals surface area (Å²) in [7, 11) is 0. The quantitative estimate of drug-likeness (QED) is 0.922. The van der Waals surface area contributed by atoms with Crippen molar-refractivity contribution >= 4 is 23.3 Å². The van der Waals surface area contributed by atoms with Crippen LogP contribution in [0.1, 0.15) is 26.7 Å². The maximum atomic E-state index is 11.3. The van der Waals surface area contributed by atoms with Gasteiger partial charge in [0.05, 0.1) is 11.1 Å². The number of nitrogens with one attached hydrogen (secondary N) is 1. The lowest BCUT2D eigenvalue weighted by Crippen LogP contribution is -2.39. The van der Waals surface area contributed by atoms with Gasteiger partial charge in [0.2, 0.25) is 5.91 Å². The van der Waals surface area contributed by atoms with Gasteiger partial charge in [0.25, 0.3) is 0 Å². The Labute approximate surface area is 119 Å². The Balaban J connectivity index is 2.13. The molecule has 1 aromatic heterocycles. The number of aromatic nitrogens is 1. The van der Waals surface area contributed by atoms with Crippen LogP contribution >= 0.6 is 11.6 Å². The van der Waals surface area contributed by atoms with Gasteiger partial charge in [-0.1, -0.05) is 24.9 Å². The lowest BCUT2D eigenvalue weighted by Gasteiger charge is -2.18. The Kier molecular flexibility index (Phi) is 4.64. The van der Waals surface area contributed by atoms with Gasteiger partial charge in [0, 0.05) is 26.2 Å². The summed E-state index contributed by atoms with van der Waals surface area (Å²) in [5, 5.41) is 3.71. The maximum absolute atomic E-state index is 11.3. The van der Waals surface area contributed by atoms with Crippen molar-refractivity contribution in [2.45, 2.75) is 32.7 Å². The van der Waals surface area contributed by atoms with Crippen molar-refractivity contribution in [3.05, 3.63) is 23.4 Å². The highest BCUT2D eigenvalue weighted by molar-refractivity contribution is 6.32. The smallest absolute Gasteiger partial charge is 0.217 e. The molecule has 1 aromatic rings. The summed E-state index contributed by atoms with van der Waals surface area (Å²) in [6.45, 7) is 5.41. The number of rotatable bonds is 4. The Morgan fingerprint density at radius 3 is 3.00 bits per heavy atom. The van der Waals surface area contributed by atoms with E-state index >= 15 is 0 Å². The second kappa shape index (κ2) is 6.24. The molecule has 0 spiro atoms. The van der Waals surface area contributed by atoms with E-state index in [-0.39, 0.29) is 11.9 Å². The number of nitrogens with zero attached hydrogens (tertiary/aromatic N) is 2. The normalized spacial score (nSPS) is 22.6. The molecule has 1 fully saturated rings. The number of carbonyl (C=O) groups excluding carboxylic acids is 1. The summed E-state index contributed by atoms with van der Waals surface area (Å²) in [6, 6.07) is 3.87. The van der Waals surface area contributed by atoms with E-state index in [1.807, 2.05) is 12.1 Å².